The van der Waals surface area contributed by atoms with Crippen LogP contribution in [-0.4, -0.2) is 30.2 Å². The molecular weight excluding hydrogens is 226 g/mol. The highest BCUT2D eigenvalue weighted by atomic mass is 16.6. The van der Waals surface area contributed by atoms with Crippen LogP contribution in [0.3, 0.4) is 0 Å². The third-order valence-electron chi connectivity index (χ3n) is 2.20. The molecule has 0 amide bonds. The average molecular weight is 237 g/mol. The maximum atomic E-state index is 10.5. The monoisotopic (exact) mass is 237 g/mol. The number of nitrogens with two attached hydrogens (primary N) is 1. The van der Waals surface area contributed by atoms with Crippen molar-refractivity contribution < 1.29 is 14.4 Å². The first kappa shape index (κ1) is 11.2. The summed E-state index contributed by atoms with van der Waals surface area (Å²) in [6.45, 7) is 0.701. The van der Waals surface area contributed by atoms with E-state index in [1.807, 2.05) is 0 Å². The van der Waals surface area contributed by atoms with E-state index in [-0.39, 0.29) is 24.4 Å². The number of benzene rings is 1. The molecule has 0 saturated carbocycles. The Labute approximate surface area is 97.0 Å². The zero-order chi connectivity index (χ0) is 12.3. The van der Waals surface area contributed by atoms with Crippen LogP contribution in [0, 0.1) is 10.1 Å². The van der Waals surface area contributed by atoms with Crippen LogP contribution >= 0.6 is 0 Å². The Balaban J connectivity index is 1.91. The van der Waals surface area contributed by atoms with Crippen LogP contribution in [0.5, 0.6) is 5.75 Å². The first-order valence-corrected chi connectivity index (χ1v) is 4.99. The molecule has 1 aliphatic rings. The summed E-state index contributed by atoms with van der Waals surface area (Å²) in [6.07, 6.45) is -0.228. The van der Waals surface area contributed by atoms with E-state index in [0.29, 0.717) is 12.3 Å². The van der Waals surface area contributed by atoms with E-state index in [0.717, 1.165) is 0 Å². The lowest BCUT2D eigenvalue weighted by Crippen LogP contribution is -2.24. The van der Waals surface area contributed by atoms with E-state index in [1.54, 1.807) is 12.1 Å². The van der Waals surface area contributed by atoms with E-state index in [1.165, 1.54) is 12.1 Å². The second kappa shape index (κ2) is 4.69. The summed E-state index contributed by atoms with van der Waals surface area (Å²) in [4.78, 5) is 13.9. The predicted molar refractivity (Wildman–Crippen MR) is 60.0 cm³/mol. The largest absolute Gasteiger partial charge is 0.489 e. The van der Waals surface area contributed by atoms with Crippen LogP contribution in [0.1, 0.15) is 0 Å². The molecule has 1 heterocycles. The highest BCUT2D eigenvalue weighted by Gasteiger charge is 2.18. The van der Waals surface area contributed by atoms with E-state index in [4.69, 9.17) is 15.2 Å². The van der Waals surface area contributed by atoms with Gasteiger partial charge in [0.2, 0.25) is 0 Å². The van der Waals surface area contributed by atoms with Gasteiger partial charge in [0.15, 0.2) is 6.10 Å². The number of nitro benzene ring substituents is 1. The molecule has 2 rings (SSSR count). The minimum atomic E-state index is -0.472. The van der Waals surface area contributed by atoms with Gasteiger partial charge in [-0.15, -0.1) is 0 Å². The summed E-state index contributed by atoms with van der Waals surface area (Å²) in [7, 11) is 0. The lowest BCUT2D eigenvalue weighted by molar-refractivity contribution is -0.384. The number of nitro groups is 1. The van der Waals surface area contributed by atoms with Gasteiger partial charge in [-0.25, -0.2) is 4.99 Å². The van der Waals surface area contributed by atoms with Gasteiger partial charge in [-0.2, -0.15) is 0 Å². The molecule has 0 bridgehead atoms. The topological polar surface area (TPSA) is 100.0 Å². The molecule has 1 aromatic carbocycles. The van der Waals surface area contributed by atoms with Gasteiger partial charge >= 0.3 is 0 Å². The van der Waals surface area contributed by atoms with E-state index in [9.17, 15) is 10.1 Å². The van der Waals surface area contributed by atoms with Gasteiger partial charge in [-0.05, 0) is 6.07 Å². The molecule has 1 aromatic rings. The van der Waals surface area contributed by atoms with Gasteiger partial charge in [-0.1, -0.05) is 6.07 Å². The number of nitrogens with zero attached hydrogens (tertiary/aromatic N) is 2. The van der Waals surface area contributed by atoms with Crippen LogP contribution < -0.4 is 10.5 Å². The summed E-state index contributed by atoms with van der Waals surface area (Å²) in [5.41, 5.74) is 5.33. The zero-order valence-electron chi connectivity index (χ0n) is 8.91. The molecule has 0 spiro atoms. The molecule has 90 valence electrons. The average Bonchev–Trinajstić information content (AvgIpc) is 2.73. The number of hydrogen-bond acceptors (Lipinski definition) is 6. The summed E-state index contributed by atoms with van der Waals surface area (Å²) in [5, 5.41) is 10.5. The van der Waals surface area contributed by atoms with Gasteiger partial charge in [0.25, 0.3) is 11.7 Å². The van der Waals surface area contributed by atoms with Gasteiger partial charge in [0.05, 0.1) is 17.5 Å². The van der Waals surface area contributed by atoms with Gasteiger partial charge in [-0.3, -0.25) is 10.1 Å². The maximum absolute atomic E-state index is 10.5. The summed E-state index contributed by atoms with van der Waals surface area (Å²) in [5.74, 6) is 0.424. The van der Waals surface area contributed by atoms with Crippen LogP contribution in [0.15, 0.2) is 29.3 Å². The van der Waals surface area contributed by atoms with Crippen molar-refractivity contribution in [2.75, 3.05) is 13.2 Å². The van der Waals surface area contributed by atoms with Crippen LogP contribution in [-0.2, 0) is 4.74 Å². The Morgan fingerprint density at radius 1 is 1.65 bits per heavy atom. The summed E-state index contributed by atoms with van der Waals surface area (Å²) < 4.78 is 10.5. The van der Waals surface area contributed by atoms with E-state index < -0.39 is 4.92 Å². The lowest BCUT2D eigenvalue weighted by atomic mass is 10.3. The Bertz CT molecular complexity index is 461. The Morgan fingerprint density at radius 2 is 2.47 bits per heavy atom. The standard InChI is InChI=1S/C10H11N3O4/c11-10-12-5-9(17-10)6-16-8-3-1-2-7(4-8)13(14)15/h1-4,9H,5-6H2,(H2,11,12). The Morgan fingerprint density at radius 3 is 3.12 bits per heavy atom. The fraction of sp³-hybridized carbons (Fsp3) is 0.300. The molecular formula is C10H11N3O4. The minimum absolute atomic E-state index is 0.00870. The second-order valence-electron chi connectivity index (χ2n) is 3.48. The third-order valence-corrected chi connectivity index (χ3v) is 2.20. The number of amidine groups is 1. The highest BCUT2D eigenvalue weighted by molar-refractivity contribution is 5.73. The van der Waals surface area contributed by atoms with E-state index >= 15 is 0 Å². The lowest BCUT2D eigenvalue weighted by Gasteiger charge is -2.11. The smallest absolute Gasteiger partial charge is 0.282 e. The maximum Gasteiger partial charge on any atom is 0.282 e. The highest BCUT2D eigenvalue weighted by Crippen LogP contribution is 2.19. The van der Waals surface area contributed by atoms with Crippen molar-refractivity contribution in [1.82, 2.24) is 0 Å². The molecule has 0 radical (unpaired) electrons. The SMILES string of the molecule is NC1=NCC(COc2cccc([N+](=O)[O-])c2)O1. The fourth-order valence-electron chi connectivity index (χ4n) is 1.40. The van der Waals surface area contributed by atoms with Crippen molar-refractivity contribution in [3.05, 3.63) is 34.4 Å². The van der Waals surface area contributed by atoms with Gasteiger partial charge < -0.3 is 15.2 Å². The first-order valence-electron chi connectivity index (χ1n) is 4.99. The predicted octanol–water partition coefficient (Wildman–Crippen LogP) is 0.687. The number of ether oxygens (including phenoxy) is 2. The van der Waals surface area contributed by atoms with Gasteiger partial charge in [0, 0.05) is 6.07 Å². The number of rotatable bonds is 4. The number of hydrogen-bond donors (Lipinski definition) is 1. The Kier molecular flexibility index (Phi) is 3.08. The quantitative estimate of drug-likeness (QED) is 0.613. The molecule has 1 unspecified atom stereocenters. The summed E-state index contributed by atoms with van der Waals surface area (Å²) in [6, 6.07) is 6.12. The van der Waals surface area contributed by atoms with Crippen LogP contribution in [0.2, 0.25) is 0 Å². The first-order chi connectivity index (χ1) is 8.15. The Hall–Kier alpha value is -2.31. The minimum Gasteiger partial charge on any atom is -0.489 e. The number of non-ortho nitro benzene ring substituents is 1. The summed E-state index contributed by atoms with van der Waals surface area (Å²) >= 11 is 0. The molecule has 0 aliphatic carbocycles. The third kappa shape index (κ3) is 2.83. The number of aliphatic imine (C=N–C) groups is 1. The molecule has 1 atom stereocenters. The molecule has 0 saturated heterocycles. The van der Waals surface area contributed by atoms with Crippen molar-refractivity contribution >= 4 is 11.7 Å². The molecule has 0 fully saturated rings. The van der Waals surface area contributed by atoms with Crippen molar-refractivity contribution in [1.29, 1.82) is 0 Å². The zero-order valence-corrected chi connectivity index (χ0v) is 8.91. The molecule has 0 aromatic heterocycles. The van der Waals surface area contributed by atoms with Crippen molar-refractivity contribution in [3.63, 3.8) is 0 Å². The normalized spacial score (nSPS) is 18.4. The molecule has 2 N–H and O–H groups in total. The van der Waals surface area contributed by atoms with Crippen molar-refractivity contribution in [2.45, 2.75) is 6.10 Å². The molecule has 1 aliphatic heterocycles. The molecule has 17 heavy (non-hydrogen) atoms. The molecule has 7 heteroatoms. The van der Waals surface area contributed by atoms with E-state index in [2.05, 4.69) is 4.99 Å². The van der Waals surface area contributed by atoms with Gasteiger partial charge in [0.1, 0.15) is 12.4 Å². The van der Waals surface area contributed by atoms with Crippen LogP contribution in [0.4, 0.5) is 5.69 Å². The van der Waals surface area contributed by atoms with Crippen LogP contribution in [0.25, 0.3) is 0 Å². The van der Waals surface area contributed by atoms with Crippen molar-refractivity contribution in [2.24, 2.45) is 10.7 Å². The fourth-order valence-corrected chi connectivity index (χ4v) is 1.40. The second-order valence-corrected chi connectivity index (χ2v) is 3.48. The van der Waals surface area contributed by atoms with Crippen molar-refractivity contribution in [3.8, 4) is 5.75 Å². The molecule has 7 nitrogen and oxygen atoms in total.